The van der Waals surface area contributed by atoms with Gasteiger partial charge in [0.15, 0.2) is 0 Å². The Balaban J connectivity index is 3.57. The highest BCUT2D eigenvalue weighted by molar-refractivity contribution is 8.04. The van der Waals surface area contributed by atoms with Crippen LogP contribution in [0.2, 0.25) is 0 Å². The van der Waals surface area contributed by atoms with Crippen LogP contribution in [0.25, 0.3) is 0 Å². The van der Waals surface area contributed by atoms with Gasteiger partial charge in [-0.25, -0.2) is 0 Å². The van der Waals surface area contributed by atoms with E-state index in [2.05, 4.69) is 38.0 Å². The summed E-state index contributed by atoms with van der Waals surface area (Å²) in [6.07, 6.45) is 4.16. The van der Waals surface area contributed by atoms with Gasteiger partial charge in [-0.2, -0.15) is 0 Å². The molecular formula is C10H16S. The third-order valence-corrected chi connectivity index (χ3v) is 1.52. The second-order valence-electron chi connectivity index (χ2n) is 3.36. The molecule has 1 heteroatoms. The molecule has 0 spiro atoms. The van der Waals surface area contributed by atoms with Gasteiger partial charge in [0.25, 0.3) is 0 Å². The van der Waals surface area contributed by atoms with Crippen LogP contribution in [0.5, 0.6) is 0 Å². The molecule has 0 rings (SSSR count). The Hall–Kier alpha value is -0.350. The van der Waals surface area contributed by atoms with Crippen LogP contribution in [0.4, 0.5) is 0 Å². The summed E-state index contributed by atoms with van der Waals surface area (Å²) in [6.45, 7) is 8.39. The highest BCUT2D eigenvalue weighted by Crippen LogP contribution is 2.11. The summed E-state index contributed by atoms with van der Waals surface area (Å²) in [7, 11) is 0. The van der Waals surface area contributed by atoms with Gasteiger partial charge in [-0.05, 0) is 32.9 Å². The number of rotatable bonds is 2. The van der Waals surface area contributed by atoms with Gasteiger partial charge >= 0.3 is 0 Å². The van der Waals surface area contributed by atoms with E-state index in [1.165, 1.54) is 0 Å². The molecular weight excluding hydrogens is 152 g/mol. The Labute approximate surface area is 74.5 Å². The molecule has 0 aliphatic heterocycles. The van der Waals surface area contributed by atoms with Crippen LogP contribution in [-0.4, -0.2) is 5.75 Å². The molecule has 0 aromatic rings. The van der Waals surface area contributed by atoms with Gasteiger partial charge in [0.05, 0.1) is 0 Å². The Morgan fingerprint density at radius 3 is 2.45 bits per heavy atom. The van der Waals surface area contributed by atoms with Gasteiger partial charge in [-0.1, -0.05) is 29.8 Å². The molecule has 0 saturated carbocycles. The number of thioether (sulfide) groups is 1. The predicted octanol–water partition coefficient (Wildman–Crippen LogP) is 3.30. The van der Waals surface area contributed by atoms with Crippen molar-refractivity contribution in [1.29, 1.82) is 0 Å². The fourth-order valence-electron chi connectivity index (χ4n) is 0.375. The number of hydrogen-bond donors (Lipinski definition) is 0. The molecule has 0 nitrogen and oxygen atoms in total. The summed E-state index contributed by atoms with van der Waals surface area (Å²) in [5, 5.41) is 3.08. The van der Waals surface area contributed by atoms with Crippen LogP contribution in [0.1, 0.15) is 27.7 Å². The molecule has 0 aliphatic rings. The molecule has 0 atom stereocenters. The third-order valence-electron chi connectivity index (χ3n) is 0.913. The predicted molar refractivity (Wildman–Crippen MR) is 54.5 cm³/mol. The van der Waals surface area contributed by atoms with E-state index in [0.29, 0.717) is 0 Å². The summed E-state index contributed by atoms with van der Waals surface area (Å²) >= 11 is 1.66. The summed E-state index contributed by atoms with van der Waals surface area (Å²) in [6, 6.07) is 0. The molecule has 11 heavy (non-hydrogen) atoms. The van der Waals surface area contributed by atoms with E-state index in [-0.39, 0.29) is 5.41 Å². The number of hydrogen-bond acceptors (Lipinski definition) is 1. The van der Waals surface area contributed by atoms with Crippen molar-refractivity contribution < 1.29 is 0 Å². The van der Waals surface area contributed by atoms with E-state index in [9.17, 15) is 0 Å². The quantitative estimate of drug-likeness (QED) is 0.346. The topological polar surface area (TPSA) is 0 Å². The Kier molecular flexibility index (Phi) is 5.15. The maximum Gasteiger partial charge on any atom is 0.0239 e. The maximum absolute atomic E-state index is 3.16. The van der Waals surface area contributed by atoms with Crippen LogP contribution in [0.3, 0.4) is 0 Å². The lowest BCUT2D eigenvalue weighted by Crippen LogP contribution is -1.98. The minimum absolute atomic E-state index is 0.142. The first-order chi connectivity index (χ1) is 5.06. The molecule has 0 amide bonds. The zero-order chi connectivity index (χ0) is 8.74. The largest absolute Gasteiger partial charge is 0.0908 e. The van der Waals surface area contributed by atoms with Gasteiger partial charge in [-0.3, -0.25) is 0 Å². The molecule has 0 bridgehead atoms. The van der Waals surface area contributed by atoms with Crippen LogP contribution < -0.4 is 0 Å². The second kappa shape index (κ2) is 5.32. The minimum Gasteiger partial charge on any atom is -0.0908 e. The summed E-state index contributed by atoms with van der Waals surface area (Å²) < 4.78 is 0. The molecule has 0 fully saturated rings. The zero-order valence-corrected chi connectivity index (χ0v) is 8.59. The molecule has 0 N–H and O–H groups in total. The summed E-state index contributed by atoms with van der Waals surface area (Å²) in [5.41, 5.74) is 0.142. The van der Waals surface area contributed by atoms with Crippen molar-refractivity contribution >= 4 is 11.8 Å². The molecule has 0 aromatic carbocycles. The third kappa shape index (κ3) is 9.65. The molecule has 0 heterocycles. The lowest BCUT2D eigenvalue weighted by Gasteiger charge is -2.06. The van der Waals surface area contributed by atoms with Crippen LogP contribution in [0, 0.1) is 16.6 Å². The summed E-state index contributed by atoms with van der Waals surface area (Å²) in [4.78, 5) is 0. The highest BCUT2D eigenvalue weighted by Gasteiger charge is 2.02. The molecule has 0 unspecified atom stereocenters. The van der Waals surface area contributed by atoms with E-state index < -0.39 is 0 Å². The SMILES string of the molecule is C/C=C\CSC#CC(C)(C)C. The molecule has 0 radical (unpaired) electrons. The smallest absolute Gasteiger partial charge is 0.0239 e. The normalized spacial score (nSPS) is 11.3. The van der Waals surface area contributed by atoms with E-state index in [0.717, 1.165) is 5.75 Å². The second-order valence-corrected chi connectivity index (χ2v) is 4.18. The first kappa shape index (κ1) is 10.7. The van der Waals surface area contributed by atoms with E-state index in [4.69, 9.17) is 0 Å². The van der Waals surface area contributed by atoms with Crippen molar-refractivity contribution in [2.24, 2.45) is 5.41 Å². The molecule has 0 aromatic heterocycles. The van der Waals surface area contributed by atoms with Crippen molar-refractivity contribution in [1.82, 2.24) is 0 Å². The average molecular weight is 168 g/mol. The van der Waals surface area contributed by atoms with Crippen molar-refractivity contribution in [2.75, 3.05) is 5.75 Å². The standard InChI is InChI=1S/C10H16S/c1-5-6-8-11-9-7-10(2,3)4/h5-6H,8H2,1-4H3/b6-5-. The monoisotopic (exact) mass is 168 g/mol. The maximum atomic E-state index is 3.16. The van der Waals surface area contributed by atoms with Crippen LogP contribution in [0.15, 0.2) is 12.2 Å². The summed E-state index contributed by atoms with van der Waals surface area (Å²) in [5.74, 6) is 4.16. The first-order valence-electron chi connectivity index (χ1n) is 3.81. The van der Waals surface area contributed by atoms with E-state index >= 15 is 0 Å². The van der Waals surface area contributed by atoms with Crippen molar-refractivity contribution in [3.63, 3.8) is 0 Å². The number of allylic oxidation sites excluding steroid dienone is 1. The molecule has 62 valence electrons. The van der Waals surface area contributed by atoms with E-state index in [1.807, 2.05) is 13.0 Å². The fraction of sp³-hybridized carbons (Fsp3) is 0.600. The van der Waals surface area contributed by atoms with Crippen molar-refractivity contribution in [3.8, 4) is 11.2 Å². The van der Waals surface area contributed by atoms with Crippen LogP contribution >= 0.6 is 11.8 Å². The lowest BCUT2D eigenvalue weighted by molar-refractivity contribution is 0.571. The van der Waals surface area contributed by atoms with Gasteiger partial charge in [-0.15, -0.1) is 0 Å². The lowest BCUT2D eigenvalue weighted by atomic mass is 9.99. The highest BCUT2D eigenvalue weighted by atomic mass is 32.2. The van der Waals surface area contributed by atoms with Crippen molar-refractivity contribution in [2.45, 2.75) is 27.7 Å². The van der Waals surface area contributed by atoms with Gasteiger partial charge in [0.2, 0.25) is 0 Å². The fourth-order valence-corrected chi connectivity index (χ4v) is 1.13. The van der Waals surface area contributed by atoms with Gasteiger partial charge in [0, 0.05) is 11.2 Å². The Morgan fingerprint density at radius 2 is 2.00 bits per heavy atom. The first-order valence-corrected chi connectivity index (χ1v) is 4.80. The Bertz CT molecular complexity index is 173. The Morgan fingerprint density at radius 1 is 1.36 bits per heavy atom. The molecule has 0 saturated heterocycles. The average Bonchev–Trinajstić information content (AvgIpc) is 1.85. The van der Waals surface area contributed by atoms with Crippen LogP contribution in [-0.2, 0) is 0 Å². The van der Waals surface area contributed by atoms with Gasteiger partial charge < -0.3 is 0 Å². The minimum atomic E-state index is 0.142. The zero-order valence-electron chi connectivity index (χ0n) is 7.77. The van der Waals surface area contributed by atoms with Crippen molar-refractivity contribution in [3.05, 3.63) is 12.2 Å². The van der Waals surface area contributed by atoms with E-state index in [1.54, 1.807) is 11.8 Å². The molecule has 0 aliphatic carbocycles. The van der Waals surface area contributed by atoms with Gasteiger partial charge in [0.1, 0.15) is 0 Å².